The third kappa shape index (κ3) is 4.38. The second kappa shape index (κ2) is 8.26. The summed E-state index contributed by atoms with van der Waals surface area (Å²) in [6.45, 7) is 9.75. The third-order valence-corrected chi connectivity index (χ3v) is 5.99. The van der Waals surface area contributed by atoms with Crippen molar-refractivity contribution in [1.82, 2.24) is 0 Å². The Hall–Kier alpha value is -1.50. The van der Waals surface area contributed by atoms with Crippen molar-refractivity contribution >= 4 is 17.6 Å². The first-order chi connectivity index (χ1) is 12.1. The Kier molecular flexibility index (Phi) is 6.04. The highest BCUT2D eigenvalue weighted by molar-refractivity contribution is 6.86. The summed E-state index contributed by atoms with van der Waals surface area (Å²) in [6, 6.07) is 18.8. The molecule has 2 aromatic rings. The Bertz CT molecular complexity index is 628. The van der Waals surface area contributed by atoms with Crippen LogP contribution >= 0.6 is 0 Å². The largest absolute Gasteiger partial charge is 0.212 e. The highest BCUT2D eigenvalue weighted by Gasteiger charge is 2.30. The Labute approximate surface area is 155 Å². The zero-order chi connectivity index (χ0) is 17.8. The molecule has 0 heterocycles. The fourth-order valence-corrected chi connectivity index (χ4v) is 4.43. The Morgan fingerprint density at radius 2 is 1.20 bits per heavy atom. The van der Waals surface area contributed by atoms with Crippen LogP contribution in [0.3, 0.4) is 0 Å². The molecule has 1 fully saturated rings. The molecule has 0 unspecified atom stereocenters. The van der Waals surface area contributed by atoms with E-state index in [2.05, 4.69) is 76.2 Å². The fraction of sp³-hybridized carbons (Fsp3) is 0.500. The lowest BCUT2D eigenvalue weighted by Crippen LogP contribution is -2.47. The molecule has 0 aliphatic heterocycles. The van der Waals surface area contributed by atoms with Crippen molar-refractivity contribution in [2.75, 3.05) is 0 Å². The van der Waals surface area contributed by atoms with Gasteiger partial charge in [0.2, 0.25) is 6.71 Å². The van der Waals surface area contributed by atoms with Crippen LogP contribution in [0, 0.1) is 0 Å². The second-order valence-electron chi connectivity index (χ2n) is 8.53. The van der Waals surface area contributed by atoms with Gasteiger partial charge in [-0.25, -0.2) is 0 Å². The minimum Gasteiger partial charge on any atom is -0.0736 e. The molecule has 0 amide bonds. The predicted octanol–water partition coefficient (Wildman–Crippen LogP) is 5.88. The maximum absolute atomic E-state index is 2.48. The minimum atomic E-state index is 0.553. The fourth-order valence-electron chi connectivity index (χ4n) is 4.43. The van der Waals surface area contributed by atoms with Crippen molar-refractivity contribution in [3.63, 3.8) is 0 Å². The molecule has 0 radical (unpaired) electrons. The molecule has 1 saturated carbocycles. The van der Waals surface area contributed by atoms with E-state index >= 15 is 0 Å². The molecule has 25 heavy (non-hydrogen) atoms. The maximum atomic E-state index is 2.48. The van der Waals surface area contributed by atoms with Crippen molar-refractivity contribution in [1.29, 1.82) is 0 Å². The topological polar surface area (TPSA) is 0 Å². The zero-order valence-electron chi connectivity index (χ0n) is 16.5. The van der Waals surface area contributed by atoms with Crippen LogP contribution in [0.25, 0.3) is 0 Å². The van der Waals surface area contributed by atoms with Gasteiger partial charge < -0.3 is 0 Å². The van der Waals surface area contributed by atoms with Crippen molar-refractivity contribution in [3.05, 3.63) is 59.7 Å². The van der Waals surface area contributed by atoms with Crippen molar-refractivity contribution in [2.24, 2.45) is 0 Å². The van der Waals surface area contributed by atoms with Crippen LogP contribution < -0.4 is 10.9 Å². The van der Waals surface area contributed by atoms with E-state index in [1.165, 1.54) is 54.2 Å². The highest BCUT2D eigenvalue weighted by Crippen LogP contribution is 2.31. The first-order valence-corrected chi connectivity index (χ1v) is 10.3. The Morgan fingerprint density at radius 3 is 1.64 bits per heavy atom. The summed E-state index contributed by atoms with van der Waals surface area (Å²) in [5.74, 6) is 1.97. The Balaban J connectivity index is 2.03. The smallest absolute Gasteiger partial charge is 0.0736 e. The van der Waals surface area contributed by atoms with Crippen molar-refractivity contribution in [3.8, 4) is 0 Å². The van der Waals surface area contributed by atoms with Gasteiger partial charge in [0.1, 0.15) is 0 Å². The molecular formula is C24H33B. The van der Waals surface area contributed by atoms with E-state index in [1.54, 1.807) is 0 Å². The molecule has 0 N–H and O–H groups in total. The number of benzene rings is 2. The predicted molar refractivity (Wildman–Crippen MR) is 113 cm³/mol. The van der Waals surface area contributed by atoms with Gasteiger partial charge in [0, 0.05) is 0 Å². The van der Waals surface area contributed by atoms with E-state index in [9.17, 15) is 0 Å². The molecule has 0 aromatic heterocycles. The van der Waals surface area contributed by atoms with Crippen molar-refractivity contribution < 1.29 is 0 Å². The number of rotatable bonds is 5. The van der Waals surface area contributed by atoms with Crippen LogP contribution in [0.4, 0.5) is 0 Å². The van der Waals surface area contributed by atoms with Gasteiger partial charge >= 0.3 is 0 Å². The zero-order valence-corrected chi connectivity index (χ0v) is 16.5. The first kappa shape index (κ1) is 18.3. The molecule has 1 aliphatic rings. The summed E-state index contributed by atoms with van der Waals surface area (Å²) in [6.07, 6.45) is 6.97. The van der Waals surface area contributed by atoms with Crippen LogP contribution in [0.15, 0.2) is 48.5 Å². The Morgan fingerprint density at radius 1 is 0.720 bits per heavy atom. The number of hydrogen-bond acceptors (Lipinski definition) is 0. The summed E-state index contributed by atoms with van der Waals surface area (Å²) in [4.78, 5) is 0. The summed E-state index contributed by atoms with van der Waals surface area (Å²) in [5, 5.41) is 0. The molecule has 0 atom stereocenters. The third-order valence-electron chi connectivity index (χ3n) is 5.99. The summed E-state index contributed by atoms with van der Waals surface area (Å²) >= 11 is 0. The standard InChI is InChI=1S/C24H33B/c1-18(2)20-10-8-14-23(16-20)25(22-12-6-5-7-13-22)24-15-9-11-21(17-24)19(3)4/h8-11,14-19,22H,5-7,12-13H2,1-4H3. The molecule has 132 valence electrons. The molecule has 0 nitrogen and oxygen atoms in total. The molecule has 0 bridgehead atoms. The van der Waals surface area contributed by atoms with Crippen LogP contribution in [-0.4, -0.2) is 6.71 Å². The van der Waals surface area contributed by atoms with Gasteiger partial charge in [-0.3, -0.25) is 0 Å². The SMILES string of the molecule is CC(C)c1cccc(B(c2cccc(C(C)C)c2)C2CCCCC2)c1. The van der Waals surface area contributed by atoms with Crippen LogP contribution in [-0.2, 0) is 0 Å². The average molecular weight is 332 g/mol. The van der Waals surface area contributed by atoms with Crippen LogP contribution in [0.1, 0.15) is 82.8 Å². The summed E-state index contributed by atoms with van der Waals surface area (Å²) in [7, 11) is 0. The van der Waals surface area contributed by atoms with E-state index < -0.39 is 0 Å². The van der Waals surface area contributed by atoms with Gasteiger partial charge in [0.15, 0.2) is 0 Å². The molecule has 1 aliphatic carbocycles. The lowest BCUT2D eigenvalue weighted by Gasteiger charge is -2.29. The van der Waals surface area contributed by atoms with Gasteiger partial charge in [-0.15, -0.1) is 0 Å². The highest BCUT2D eigenvalue weighted by atomic mass is 14.2. The monoisotopic (exact) mass is 332 g/mol. The molecule has 2 aromatic carbocycles. The summed E-state index contributed by atoms with van der Waals surface area (Å²) in [5.41, 5.74) is 6.00. The quantitative estimate of drug-likeness (QED) is 0.600. The van der Waals surface area contributed by atoms with E-state index in [4.69, 9.17) is 0 Å². The lowest BCUT2D eigenvalue weighted by molar-refractivity contribution is 0.499. The maximum Gasteiger partial charge on any atom is 0.212 e. The van der Waals surface area contributed by atoms with E-state index in [1.807, 2.05) is 0 Å². The van der Waals surface area contributed by atoms with Crippen molar-refractivity contribution in [2.45, 2.75) is 77.5 Å². The molecule has 0 spiro atoms. The van der Waals surface area contributed by atoms with Crippen LogP contribution in [0.5, 0.6) is 0 Å². The first-order valence-electron chi connectivity index (χ1n) is 10.3. The van der Waals surface area contributed by atoms with Crippen LogP contribution in [0.2, 0.25) is 5.82 Å². The second-order valence-corrected chi connectivity index (χ2v) is 8.53. The number of hydrogen-bond donors (Lipinski definition) is 0. The van der Waals surface area contributed by atoms with Gasteiger partial charge in [-0.2, -0.15) is 0 Å². The van der Waals surface area contributed by atoms with Gasteiger partial charge in [-0.05, 0) is 23.0 Å². The minimum absolute atomic E-state index is 0.553. The normalized spacial score (nSPS) is 15.8. The van der Waals surface area contributed by atoms with Gasteiger partial charge in [0.05, 0.1) is 0 Å². The average Bonchev–Trinajstić information content (AvgIpc) is 2.63. The van der Waals surface area contributed by atoms with Gasteiger partial charge in [0.25, 0.3) is 0 Å². The van der Waals surface area contributed by atoms with Gasteiger partial charge in [-0.1, -0.05) is 125 Å². The van der Waals surface area contributed by atoms with E-state index in [0.717, 1.165) is 5.82 Å². The molecule has 3 rings (SSSR count). The van der Waals surface area contributed by atoms with E-state index in [-0.39, 0.29) is 0 Å². The summed E-state index contributed by atoms with van der Waals surface area (Å²) < 4.78 is 0. The van der Waals surface area contributed by atoms with E-state index in [0.29, 0.717) is 18.5 Å². The molecule has 0 saturated heterocycles. The molecular weight excluding hydrogens is 299 g/mol. The molecule has 1 heteroatoms. The lowest BCUT2D eigenvalue weighted by atomic mass is 9.31.